The molecule has 0 amide bonds. The van der Waals surface area contributed by atoms with Crippen LogP contribution in [0.4, 0.5) is 5.69 Å². The molecule has 0 atom stereocenters. The van der Waals surface area contributed by atoms with E-state index < -0.39 is 10.9 Å². The van der Waals surface area contributed by atoms with Gasteiger partial charge < -0.3 is 4.74 Å². The van der Waals surface area contributed by atoms with E-state index in [1.165, 1.54) is 12.1 Å². The van der Waals surface area contributed by atoms with E-state index in [0.717, 1.165) is 11.6 Å². The largest absolute Gasteiger partial charge is 0.423 e. The molecule has 0 saturated carbocycles. The van der Waals surface area contributed by atoms with Crippen molar-refractivity contribution in [3.8, 4) is 5.75 Å². The quantitative estimate of drug-likeness (QED) is 0.373. The van der Waals surface area contributed by atoms with Crippen molar-refractivity contribution < 1.29 is 14.5 Å². The summed E-state index contributed by atoms with van der Waals surface area (Å²) in [5, 5.41) is 10.8. The average molecular weight is 292 g/mol. The molecule has 2 rings (SSSR count). The lowest BCUT2D eigenvalue weighted by Crippen LogP contribution is -2.09. The van der Waals surface area contributed by atoms with Gasteiger partial charge in [-0.1, -0.05) is 23.7 Å². The van der Waals surface area contributed by atoms with Gasteiger partial charge in [0, 0.05) is 12.1 Å². The Balaban J connectivity index is 2.29. The van der Waals surface area contributed by atoms with Crippen LogP contribution in [-0.2, 0) is 0 Å². The smallest absolute Gasteiger partial charge is 0.345 e. The SMILES string of the molecule is Cc1cccc(OC(=O)c2cc([N+](=O)[O-])ccc2Cl)c1. The lowest BCUT2D eigenvalue weighted by atomic mass is 10.2. The van der Waals surface area contributed by atoms with Crippen LogP contribution in [0.5, 0.6) is 5.75 Å². The van der Waals surface area contributed by atoms with Crippen LogP contribution in [-0.4, -0.2) is 10.9 Å². The Morgan fingerprint density at radius 3 is 2.65 bits per heavy atom. The van der Waals surface area contributed by atoms with Crippen molar-refractivity contribution >= 4 is 23.3 Å². The van der Waals surface area contributed by atoms with Crippen LogP contribution in [0.15, 0.2) is 42.5 Å². The molecular formula is C14H10ClNO4. The third-order valence-corrected chi connectivity index (χ3v) is 2.91. The van der Waals surface area contributed by atoms with E-state index in [1.54, 1.807) is 18.2 Å². The molecule has 0 aliphatic carbocycles. The van der Waals surface area contributed by atoms with Crippen LogP contribution in [0.3, 0.4) is 0 Å². The predicted octanol–water partition coefficient (Wildman–Crippen LogP) is 3.78. The molecule has 0 radical (unpaired) electrons. The van der Waals surface area contributed by atoms with E-state index in [1.807, 2.05) is 13.0 Å². The molecule has 0 aromatic heterocycles. The van der Waals surface area contributed by atoms with Gasteiger partial charge in [-0.25, -0.2) is 4.79 Å². The Morgan fingerprint density at radius 1 is 1.25 bits per heavy atom. The number of benzene rings is 2. The monoisotopic (exact) mass is 291 g/mol. The van der Waals surface area contributed by atoms with Gasteiger partial charge in [-0.2, -0.15) is 0 Å². The highest BCUT2D eigenvalue weighted by atomic mass is 35.5. The molecule has 0 bridgehead atoms. The van der Waals surface area contributed by atoms with Crippen LogP contribution in [0, 0.1) is 17.0 Å². The molecule has 0 aliphatic rings. The van der Waals surface area contributed by atoms with E-state index in [9.17, 15) is 14.9 Å². The second-order valence-corrected chi connectivity index (χ2v) is 4.53. The van der Waals surface area contributed by atoms with Gasteiger partial charge in [0.1, 0.15) is 5.75 Å². The minimum atomic E-state index is -0.732. The Kier molecular flexibility index (Phi) is 4.00. The molecule has 0 unspecified atom stereocenters. The van der Waals surface area contributed by atoms with E-state index in [2.05, 4.69) is 0 Å². The Morgan fingerprint density at radius 2 is 2.00 bits per heavy atom. The summed E-state index contributed by atoms with van der Waals surface area (Å²) in [6, 6.07) is 10.5. The standard InChI is InChI=1S/C14H10ClNO4/c1-9-3-2-4-11(7-9)20-14(17)12-8-10(16(18)19)5-6-13(12)15/h2-8H,1H3. The van der Waals surface area contributed by atoms with Gasteiger partial charge in [0.05, 0.1) is 15.5 Å². The van der Waals surface area contributed by atoms with Crippen molar-refractivity contribution in [2.24, 2.45) is 0 Å². The van der Waals surface area contributed by atoms with E-state index in [4.69, 9.17) is 16.3 Å². The van der Waals surface area contributed by atoms with Gasteiger partial charge in [-0.3, -0.25) is 10.1 Å². The van der Waals surface area contributed by atoms with Crippen molar-refractivity contribution in [3.63, 3.8) is 0 Å². The first-order valence-electron chi connectivity index (χ1n) is 5.70. The number of non-ortho nitro benzene ring substituents is 1. The van der Waals surface area contributed by atoms with Crippen molar-refractivity contribution in [3.05, 3.63) is 68.7 Å². The van der Waals surface area contributed by atoms with E-state index in [-0.39, 0.29) is 16.3 Å². The van der Waals surface area contributed by atoms with Crippen LogP contribution < -0.4 is 4.74 Å². The number of nitro groups is 1. The number of hydrogen-bond acceptors (Lipinski definition) is 4. The summed E-state index contributed by atoms with van der Waals surface area (Å²) in [6.07, 6.45) is 0. The minimum Gasteiger partial charge on any atom is -0.423 e. The summed E-state index contributed by atoms with van der Waals surface area (Å²) < 4.78 is 5.15. The van der Waals surface area contributed by atoms with Crippen molar-refractivity contribution in [2.45, 2.75) is 6.92 Å². The van der Waals surface area contributed by atoms with Crippen molar-refractivity contribution in [2.75, 3.05) is 0 Å². The van der Waals surface area contributed by atoms with Gasteiger partial charge in [0.15, 0.2) is 0 Å². The third-order valence-electron chi connectivity index (χ3n) is 2.58. The first-order valence-corrected chi connectivity index (χ1v) is 6.08. The van der Waals surface area contributed by atoms with Gasteiger partial charge in [0.2, 0.25) is 0 Å². The molecule has 5 nitrogen and oxygen atoms in total. The Labute approximate surface area is 119 Å². The maximum Gasteiger partial charge on any atom is 0.345 e. The molecule has 6 heteroatoms. The molecule has 0 fully saturated rings. The Hall–Kier alpha value is -2.40. The predicted molar refractivity (Wildman–Crippen MR) is 74.2 cm³/mol. The number of halogens is 1. The van der Waals surface area contributed by atoms with Gasteiger partial charge >= 0.3 is 5.97 Å². The highest BCUT2D eigenvalue weighted by Gasteiger charge is 2.17. The second-order valence-electron chi connectivity index (χ2n) is 4.13. The fraction of sp³-hybridized carbons (Fsp3) is 0.0714. The zero-order valence-corrected chi connectivity index (χ0v) is 11.3. The number of carbonyl (C=O) groups excluding carboxylic acids is 1. The zero-order chi connectivity index (χ0) is 14.7. The fourth-order valence-corrected chi connectivity index (χ4v) is 1.82. The summed E-state index contributed by atoms with van der Waals surface area (Å²) in [6.45, 7) is 1.86. The molecule has 20 heavy (non-hydrogen) atoms. The van der Waals surface area contributed by atoms with Gasteiger partial charge in [0.25, 0.3) is 5.69 Å². The number of nitro benzene ring substituents is 1. The summed E-state index contributed by atoms with van der Waals surface area (Å²) in [7, 11) is 0. The number of aryl methyl sites for hydroxylation is 1. The molecule has 102 valence electrons. The summed E-state index contributed by atoms with van der Waals surface area (Å²) in [4.78, 5) is 22.1. The fourth-order valence-electron chi connectivity index (χ4n) is 1.62. The first kappa shape index (κ1) is 14.0. The highest BCUT2D eigenvalue weighted by Crippen LogP contribution is 2.24. The topological polar surface area (TPSA) is 69.4 Å². The number of nitrogens with zero attached hydrogens (tertiary/aromatic N) is 1. The number of carbonyl (C=O) groups is 1. The number of rotatable bonds is 3. The number of ether oxygens (including phenoxy) is 1. The second kappa shape index (κ2) is 5.71. The minimum absolute atomic E-state index is 0.0395. The molecule has 2 aromatic carbocycles. The number of hydrogen-bond donors (Lipinski definition) is 0. The normalized spacial score (nSPS) is 10.1. The highest BCUT2D eigenvalue weighted by molar-refractivity contribution is 6.33. The van der Waals surface area contributed by atoms with Crippen LogP contribution >= 0.6 is 11.6 Å². The maximum absolute atomic E-state index is 12.0. The van der Waals surface area contributed by atoms with Crippen LogP contribution in [0.25, 0.3) is 0 Å². The number of esters is 1. The van der Waals surface area contributed by atoms with Crippen LogP contribution in [0.1, 0.15) is 15.9 Å². The van der Waals surface area contributed by atoms with Gasteiger partial charge in [-0.05, 0) is 30.7 Å². The lowest BCUT2D eigenvalue weighted by Gasteiger charge is -2.06. The lowest BCUT2D eigenvalue weighted by molar-refractivity contribution is -0.384. The summed E-state index contributed by atoms with van der Waals surface area (Å²) >= 11 is 5.87. The molecule has 0 aliphatic heterocycles. The average Bonchev–Trinajstić information content (AvgIpc) is 2.38. The summed E-state index contributed by atoms with van der Waals surface area (Å²) in [5.41, 5.74) is 0.674. The molecule has 0 spiro atoms. The zero-order valence-electron chi connectivity index (χ0n) is 10.5. The molecular weight excluding hydrogens is 282 g/mol. The van der Waals surface area contributed by atoms with Gasteiger partial charge in [-0.15, -0.1) is 0 Å². The Bertz CT molecular complexity index is 685. The third kappa shape index (κ3) is 3.13. The van der Waals surface area contributed by atoms with E-state index >= 15 is 0 Å². The maximum atomic E-state index is 12.0. The van der Waals surface area contributed by atoms with Crippen molar-refractivity contribution in [1.82, 2.24) is 0 Å². The van der Waals surface area contributed by atoms with Crippen molar-refractivity contribution in [1.29, 1.82) is 0 Å². The summed E-state index contributed by atoms with van der Waals surface area (Å²) in [5.74, 6) is -0.373. The van der Waals surface area contributed by atoms with Crippen LogP contribution in [0.2, 0.25) is 5.02 Å². The molecule has 0 heterocycles. The molecule has 0 saturated heterocycles. The molecule has 2 aromatic rings. The van der Waals surface area contributed by atoms with E-state index in [0.29, 0.717) is 5.75 Å². The molecule has 0 N–H and O–H groups in total. The first-order chi connectivity index (χ1) is 9.47.